The molecule has 39 heavy (non-hydrogen) atoms. The van der Waals surface area contributed by atoms with Gasteiger partial charge in [0.2, 0.25) is 0 Å². The Hall–Kier alpha value is -1.68. The van der Waals surface area contributed by atoms with Crippen LogP contribution in [0.2, 0.25) is 0 Å². The SMILES string of the molecule is Cc1ccc(S(=O)(=O)OC[C@@H](C(C)C)[C@H](O)[C@@H]2OC(C)(C)N(C(=O)OC(C)(C)C)[C@H]2CC2CCCCC2)cc1. The molecular formula is C30H49NO7S. The second kappa shape index (κ2) is 12.5. The highest BCUT2D eigenvalue weighted by atomic mass is 32.2. The van der Waals surface area contributed by atoms with Crippen LogP contribution in [0.15, 0.2) is 29.2 Å². The van der Waals surface area contributed by atoms with E-state index >= 15 is 0 Å². The lowest BCUT2D eigenvalue weighted by Crippen LogP contribution is -2.52. The van der Waals surface area contributed by atoms with Crippen molar-refractivity contribution >= 4 is 16.2 Å². The maximum absolute atomic E-state index is 13.5. The number of amides is 1. The van der Waals surface area contributed by atoms with Crippen LogP contribution in [-0.4, -0.2) is 60.7 Å². The third-order valence-corrected chi connectivity index (χ3v) is 9.26. The molecule has 1 aliphatic carbocycles. The van der Waals surface area contributed by atoms with Gasteiger partial charge in [0.25, 0.3) is 10.1 Å². The first-order valence-corrected chi connectivity index (χ1v) is 15.8. The molecule has 0 radical (unpaired) electrons. The first kappa shape index (κ1) is 31.8. The van der Waals surface area contributed by atoms with Crippen LogP contribution in [0.5, 0.6) is 0 Å². The molecule has 1 N–H and O–H groups in total. The molecule has 1 aromatic rings. The molecule has 0 spiro atoms. The Kier molecular flexibility index (Phi) is 10.2. The van der Waals surface area contributed by atoms with Crippen molar-refractivity contribution in [1.82, 2.24) is 4.90 Å². The van der Waals surface area contributed by atoms with E-state index < -0.39 is 51.7 Å². The lowest BCUT2D eigenvalue weighted by Gasteiger charge is -2.37. The van der Waals surface area contributed by atoms with E-state index in [0.29, 0.717) is 12.3 Å². The minimum absolute atomic E-state index is 0.0784. The van der Waals surface area contributed by atoms with E-state index in [1.54, 1.807) is 17.0 Å². The van der Waals surface area contributed by atoms with Crippen LogP contribution in [0.4, 0.5) is 4.79 Å². The first-order chi connectivity index (χ1) is 18.0. The van der Waals surface area contributed by atoms with Crippen molar-refractivity contribution in [2.24, 2.45) is 17.8 Å². The molecule has 9 heteroatoms. The molecule has 1 amide bonds. The Morgan fingerprint density at radius 1 is 1.13 bits per heavy atom. The zero-order valence-corrected chi connectivity index (χ0v) is 25.8. The summed E-state index contributed by atoms with van der Waals surface area (Å²) in [7, 11) is -4.00. The number of hydrogen-bond donors (Lipinski definition) is 1. The van der Waals surface area contributed by atoms with Crippen molar-refractivity contribution < 1.29 is 32.0 Å². The number of benzene rings is 1. The summed E-state index contributed by atoms with van der Waals surface area (Å²) < 4.78 is 43.5. The van der Waals surface area contributed by atoms with Gasteiger partial charge in [0.15, 0.2) is 0 Å². The fourth-order valence-electron chi connectivity index (χ4n) is 5.85. The van der Waals surface area contributed by atoms with Gasteiger partial charge in [0, 0.05) is 5.92 Å². The van der Waals surface area contributed by atoms with Crippen molar-refractivity contribution in [3.05, 3.63) is 29.8 Å². The van der Waals surface area contributed by atoms with E-state index in [9.17, 15) is 18.3 Å². The van der Waals surface area contributed by atoms with E-state index in [4.69, 9.17) is 13.7 Å². The molecule has 3 rings (SSSR count). The van der Waals surface area contributed by atoms with Gasteiger partial charge in [-0.1, -0.05) is 63.6 Å². The number of rotatable bonds is 9. The van der Waals surface area contributed by atoms with Gasteiger partial charge in [-0.25, -0.2) is 4.79 Å². The summed E-state index contributed by atoms with van der Waals surface area (Å²) in [4.78, 5) is 15.2. The maximum Gasteiger partial charge on any atom is 0.412 e. The molecule has 1 heterocycles. The van der Waals surface area contributed by atoms with Crippen LogP contribution in [0, 0.1) is 24.7 Å². The van der Waals surface area contributed by atoms with E-state index in [2.05, 4.69) is 0 Å². The second-order valence-electron chi connectivity index (χ2n) is 13.1. The predicted octanol–water partition coefficient (Wildman–Crippen LogP) is 6.04. The van der Waals surface area contributed by atoms with Crippen LogP contribution in [0.25, 0.3) is 0 Å². The van der Waals surface area contributed by atoms with Crippen molar-refractivity contribution in [2.45, 2.75) is 128 Å². The molecule has 8 nitrogen and oxygen atoms in total. The monoisotopic (exact) mass is 567 g/mol. The summed E-state index contributed by atoms with van der Waals surface area (Å²) in [6.07, 6.45) is 4.13. The largest absolute Gasteiger partial charge is 0.444 e. The van der Waals surface area contributed by atoms with Gasteiger partial charge >= 0.3 is 6.09 Å². The van der Waals surface area contributed by atoms with Gasteiger partial charge in [0.05, 0.1) is 23.6 Å². The number of ether oxygens (including phenoxy) is 2. The minimum Gasteiger partial charge on any atom is -0.444 e. The van der Waals surface area contributed by atoms with Crippen LogP contribution in [0.3, 0.4) is 0 Å². The summed E-state index contributed by atoms with van der Waals surface area (Å²) in [5, 5.41) is 11.8. The van der Waals surface area contributed by atoms with Gasteiger partial charge in [-0.2, -0.15) is 8.42 Å². The molecule has 0 bridgehead atoms. The van der Waals surface area contributed by atoms with Crippen LogP contribution >= 0.6 is 0 Å². The zero-order valence-electron chi connectivity index (χ0n) is 25.0. The van der Waals surface area contributed by atoms with Crippen LogP contribution in [-0.2, 0) is 23.8 Å². The Morgan fingerprint density at radius 2 is 1.72 bits per heavy atom. The number of carbonyl (C=O) groups excluding carboxylic acids is 1. The summed E-state index contributed by atoms with van der Waals surface area (Å²) in [5.74, 6) is -0.235. The molecule has 4 atom stereocenters. The first-order valence-electron chi connectivity index (χ1n) is 14.4. The zero-order chi connectivity index (χ0) is 29.2. The second-order valence-corrected chi connectivity index (χ2v) is 14.8. The lowest BCUT2D eigenvalue weighted by molar-refractivity contribution is -0.120. The Labute approximate surface area is 235 Å². The van der Waals surface area contributed by atoms with E-state index in [1.165, 1.54) is 18.6 Å². The average molecular weight is 568 g/mol. The number of aliphatic hydroxyl groups excluding tert-OH is 1. The average Bonchev–Trinajstić information content (AvgIpc) is 3.08. The molecule has 222 valence electrons. The molecule has 1 aliphatic heterocycles. The fourth-order valence-corrected chi connectivity index (χ4v) is 6.79. The molecule has 2 aliphatic rings. The van der Waals surface area contributed by atoms with Crippen molar-refractivity contribution in [1.29, 1.82) is 0 Å². The van der Waals surface area contributed by atoms with Crippen molar-refractivity contribution in [3.63, 3.8) is 0 Å². The molecule has 0 unspecified atom stereocenters. The van der Waals surface area contributed by atoms with Crippen molar-refractivity contribution in [3.8, 4) is 0 Å². The number of aliphatic hydroxyl groups is 1. The van der Waals surface area contributed by atoms with Gasteiger partial charge in [0.1, 0.15) is 17.4 Å². The van der Waals surface area contributed by atoms with Gasteiger partial charge in [-0.05, 0) is 71.9 Å². The molecule has 0 aromatic heterocycles. The third-order valence-electron chi connectivity index (χ3n) is 7.96. The molecule has 1 aromatic carbocycles. The Balaban J connectivity index is 1.87. The number of nitrogens with zero attached hydrogens (tertiary/aromatic N) is 1. The van der Waals surface area contributed by atoms with E-state index in [-0.39, 0.29) is 17.4 Å². The van der Waals surface area contributed by atoms with Gasteiger partial charge in [-0.3, -0.25) is 9.08 Å². The minimum atomic E-state index is -4.00. The number of carbonyl (C=O) groups is 1. The molecule has 1 saturated heterocycles. The molecule has 2 fully saturated rings. The maximum atomic E-state index is 13.5. The van der Waals surface area contributed by atoms with Gasteiger partial charge < -0.3 is 14.6 Å². The van der Waals surface area contributed by atoms with E-state index in [1.807, 2.05) is 55.4 Å². The third kappa shape index (κ3) is 8.18. The highest BCUT2D eigenvalue weighted by Crippen LogP contribution is 2.42. The van der Waals surface area contributed by atoms with Crippen molar-refractivity contribution in [2.75, 3.05) is 6.61 Å². The molecule has 1 saturated carbocycles. The standard InChI is InChI=1S/C30H49NO7S/c1-20(2)24(19-36-39(34,35)23-16-14-21(3)15-17-23)26(32)27-25(18-22-12-10-9-11-13-22)31(30(7,8)37-27)28(33)38-29(4,5)6/h14-17,20,22,24-27,32H,9-13,18-19H2,1-8H3/t24-,25-,26-,27+/m0/s1. The Morgan fingerprint density at radius 3 is 2.26 bits per heavy atom. The summed E-state index contributed by atoms with van der Waals surface area (Å²) in [6.45, 7) is 14.7. The quantitative estimate of drug-likeness (QED) is 0.363. The predicted molar refractivity (Wildman–Crippen MR) is 151 cm³/mol. The highest BCUT2D eigenvalue weighted by molar-refractivity contribution is 7.86. The lowest BCUT2D eigenvalue weighted by atomic mass is 9.80. The summed E-state index contributed by atoms with van der Waals surface area (Å²) in [6, 6.07) is 6.07. The molecular weight excluding hydrogens is 518 g/mol. The topological polar surface area (TPSA) is 102 Å². The van der Waals surface area contributed by atoms with E-state index in [0.717, 1.165) is 31.2 Å². The summed E-state index contributed by atoms with van der Waals surface area (Å²) >= 11 is 0. The highest BCUT2D eigenvalue weighted by Gasteiger charge is 2.55. The summed E-state index contributed by atoms with van der Waals surface area (Å²) in [5.41, 5.74) is -0.745. The number of hydrogen-bond acceptors (Lipinski definition) is 7. The normalized spacial score (nSPS) is 24.1. The Bertz CT molecular complexity index is 1060. The number of aryl methyl sites for hydroxylation is 1. The van der Waals surface area contributed by atoms with Crippen LogP contribution in [0.1, 0.15) is 92.6 Å². The van der Waals surface area contributed by atoms with Crippen LogP contribution < -0.4 is 0 Å². The fraction of sp³-hybridized carbons (Fsp3) is 0.767. The smallest absolute Gasteiger partial charge is 0.412 e. The van der Waals surface area contributed by atoms with Gasteiger partial charge in [-0.15, -0.1) is 0 Å².